The number of piperidine rings is 2. The van der Waals surface area contributed by atoms with Crippen molar-refractivity contribution in [2.75, 3.05) is 32.0 Å². The smallest absolute Gasteiger partial charge is 0.314 e. The van der Waals surface area contributed by atoms with Gasteiger partial charge in [0.15, 0.2) is 0 Å². The molecule has 2 saturated heterocycles. The Morgan fingerprint density at radius 2 is 1.92 bits per heavy atom. The van der Waals surface area contributed by atoms with Crippen LogP contribution in [0.2, 0.25) is 0 Å². The Morgan fingerprint density at radius 1 is 1.05 bits per heavy atom. The summed E-state index contributed by atoms with van der Waals surface area (Å²) >= 11 is 0. The minimum absolute atomic E-state index is 0.178. The molecule has 2 aliphatic rings. The van der Waals surface area contributed by atoms with Gasteiger partial charge in [0.2, 0.25) is 0 Å². The van der Waals surface area contributed by atoms with Gasteiger partial charge in [0.05, 0.1) is 41.2 Å². The monoisotopic (exact) mass is 514 g/mol. The number of rotatable bonds is 3. The van der Waals surface area contributed by atoms with E-state index in [1.165, 1.54) is 6.20 Å². The number of carbonyl (C=O) groups is 2. The maximum absolute atomic E-state index is 13.5. The second kappa shape index (κ2) is 9.83. The van der Waals surface area contributed by atoms with E-state index in [4.69, 9.17) is 5.10 Å². The molecule has 2 N–H and O–H groups in total. The third kappa shape index (κ3) is 4.53. The minimum Gasteiger partial charge on any atom is -0.327 e. The summed E-state index contributed by atoms with van der Waals surface area (Å²) in [4.78, 5) is 34.9. The molecule has 38 heavy (non-hydrogen) atoms. The Labute approximate surface area is 221 Å². The van der Waals surface area contributed by atoms with Gasteiger partial charge in [-0.3, -0.25) is 24.4 Å². The van der Waals surface area contributed by atoms with Crippen LogP contribution in [0.4, 0.5) is 5.69 Å². The van der Waals surface area contributed by atoms with Crippen LogP contribution >= 0.6 is 0 Å². The molecule has 2 aliphatic heterocycles. The number of anilines is 1. The predicted octanol–water partition coefficient (Wildman–Crippen LogP) is 3.76. The SMILES string of the molecule is CC1CCC(c2ccc3cn(C4CCN(C)CC4C)nc3c2)N(C(=O)C(=O)Nc2cncc3cn[nH]c23)C1. The molecule has 4 unspecified atom stereocenters. The first-order chi connectivity index (χ1) is 18.4. The van der Waals surface area contributed by atoms with Gasteiger partial charge >= 0.3 is 11.8 Å². The lowest BCUT2D eigenvalue weighted by Crippen LogP contribution is -2.46. The Balaban J connectivity index is 1.25. The molecule has 198 valence electrons. The van der Waals surface area contributed by atoms with Gasteiger partial charge in [-0.15, -0.1) is 0 Å². The molecule has 10 heteroatoms. The molecule has 4 atom stereocenters. The lowest BCUT2D eigenvalue weighted by Gasteiger charge is -2.38. The highest BCUT2D eigenvalue weighted by Gasteiger charge is 2.35. The lowest BCUT2D eigenvalue weighted by molar-refractivity contribution is -0.146. The molecule has 4 aromatic rings. The van der Waals surface area contributed by atoms with Crippen molar-refractivity contribution in [3.63, 3.8) is 0 Å². The van der Waals surface area contributed by atoms with E-state index in [-0.39, 0.29) is 6.04 Å². The highest BCUT2D eigenvalue weighted by molar-refractivity contribution is 6.40. The summed E-state index contributed by atoms with van der Waals surface area (Å²) in [7, 11) is 2.17. The van der Waals surface area contributed by atoms with Crippen LogP contribution < -0.4 is 5.32 Å². The highest BCUT2D eigenvalue weighted by atomic mass is 16.2. The largest absolute Gasteiger partial charge is 0.327 e. The zero-order valence-electron chi connectivity index (χ0n) is 22.1. The molecule has 0 bridgehead atoms. The standard InChI is InChI=1S/C28H34N8O2/c1-17-4-7-25(35(14-17)28(38)27(37)31-23-13-29-11-21-12-30-32-26(21)23)19-5-6-20-16-36(33-22(20)10-19)24-8-9-34(3)15-18(24)2/h5-6,10-13,16-18,24-25H,4,7-9,14-15H2,1-3H3,(H,30,32)(H,31,37). The number of hydrogen-bond donors (Lipinski definition) is 2. The molecule has 2 fully saturated rings. The predicted molar refractivity (Wildman–Crippen MR) is 145 cm³/mol. The zero-order chi connectivity index (χ0) is 26.4. The first kappa shape index (κ1) is 24.5. The van der Waals surface area contributed by atoms with Crippen LogP contribution in [0.5, 0.6) is 0 Å². The van der Waals surface area contributed by atoms with Crippen LogP contribution in [0.25, 0.3) is 21.8 Å². The van der Waals surface area contributed by atoms with Crippen molar-refractivity contribution in [1.29, 1.82) is 0 Å². The quantitative estimate of drug-likeness (QED) is 0.403. The fraction of sp³-hybridized carbons (Fsp3) is 0.464. The van der Waals surface area contributed by atoms with E-state index in [0.29, 0.717) is 35.6 Å². The number of pyridine rings is 1. The van der Waals surface area contributed by atoms with Gasteiger partial charge in [-0.1, -0.05) is 26.0 Å². The summed E-state index contributed by atoms with van der Waals surface area (Å²) < 4.78 is 2.13. The lowest BCUT2D eigenvalue weighted by atomic mass is 9.89. The molecule has 6 rings (SSSR count). The van der Waals surface area contributed by atoms with Crippen LogP contribution in [0.1, 0.15) is 50.8 Å². The highest BCUT2D eigenvalue weighted by Crippen LogP contribution is 2.35. The normalized spacial score (nSPS) is 24.7. The second-order valence-corrected chi connectivity index (χ2v) is 11.2. The van der Waals surface area contributed by atoms with E-state index >= 15 is 0 Å². The summed E-state index contributed by atoms with van der Waals surface area (Å²) in [5, 5.41) is 16.4. The fourth-order valence-electron chi connectivity index (χ4n) is 6.15. The molecular weight excluding hydrogens is 480 g/mol. The third-order valence-electron chi connectivity index (χ3n) is 8.21. The van der Waals surface area contributed by atoms with Crippen molar-refractivity contribution in [2.24, 2.45) is 11.8 Å². The molecule has 0 spiro atoms. The maximum atomic E-state index is 13.5. The van der Waals surface area contributed by atoms with E-state index in [0.717, 1.165) is 54.2 Å². The van der Waals surface area contributed by atoms with Crippen molar-refractivity contribution >= 4 is 39.3 Å². The summed E-state index contributed by atoms with van der Waals surface area (Å²) in [6, 6.07) is 6.48. The van der Waals surface area contributed by atoms with Crippen LogP contribution in [-0.4, -0.2) is 73.3 Å². The first-order valence-corrected chi connectivity index (χ1v) is 13.4. The van der Waals surface area contributed by atoms with Crippen LogP contribution in [0, 0.1) is 11.8 Å². The Kier molecular flexibility index (Phi) is 6.35. The van der Waals surface area contributed by atoms with Crippen molar-refractivity contribution in [1.82, 2.24) is 34.8 Å². The number of H-pyrrole nitrogens is 1. The number of aromatic amines is 1. The van der Waals surface area contributed by atoms with Crippen molar-refractivity contribution in [3.05, 3.63) is 48.5 Å². The number of likely N-dealkylation sites (tertiary alicyclic amines) is 2. The van der Waals surface area contributed by atoms with Crippen molar-refractivity contribution in [2.45, 2.75) is 45.2 Å². The van der Waals surface area contributed by atoms with Crippen LogP contribution in [0.15, 0.2) is 43.0 Å². The molecule has 0 aliphatic carbocycles. The van der Waals surface area contributed by atoms with Crippen LogP contribution in [-0.2, 0) is 9.59 Å². The maximum Gasteiger partial charge on any atom is 0.314 e. The third-order valence-corrected chi connectivity index (χ3v) is 8.21. The van der Waals surface area contributed by atoms with Crippen LogP contribution in [0.3, 0.4) is 0 Å². The average Bonchev–Trinajstić information content (AvgIpc) is 3.55. The van der Waals surface area contributed by atoms with Gasteiger partial charge in [-0.2, -0.15) is 10.2 Å². The van der Waals surface area contributed by atoms with Gasteiger partial charge in [-0.05, 0) is 56.3 Å². The van der Waals surface area contributed by atoms with E-state index in [1.807, 2.05) is 0 Å². The van der Waals surface area contributed by atoms with Gasteiger partial charge in [0.1, 0.15) is 0 Å². The number of amides is 2. The zero-order valence-corrected chi connectivity index (χ0v) is 22.1. The number of aromatic nitrogens is 5. The summed E-state index contributed by atoms with van der Waals surface area (Å²) in [6.45, 7) is 7.08. The molecule has 1 aromatic carbocycles. The molecular formula is C28H34N8O2. The van der Waals surface area contributed by atoms with Crippen molar-refractivity contribution in [3.8, 4) is 0 Å². The van der Waals surface area contributed by atoms with E-state index in [9.17, 15) is 9.59 Å². The molecule has 10 nitrogen and oxygen atoms in total. The summed E-state index contributed by atoms with van der Waals surface area (Å²) in [5.41, 5.74) is 3.03. The van der Waals surface area contributed by atoms with E-state index in [1.54, 1.807) is 17.3 Å². The Morgan fingerprint density at radius 3 is 2.76 bits per heavy atom. The van der Waals surface area contributed by atoms with Gasteiger partial charge in [0, 0.05) is 36.3 Å². The minimum atomic E-state index is -0.672. The van der Waals surface area contributed by atoms with Crippen molar-refractivity contribution < 1.29 is 9.59 Å². The molecule has 0 saturated carbocycles. The molecule has 2 amide bonds. The summed E-state index contributed by atoms with van der Waals surface area (Å²) in [6.07, 6.45) is 9.84. The molecule has 3 aromatic heterocycles. The number of nitrogens with one attached hydrogen (secondary N) is 2. The van der Waals surface area contributed by atoms with Gasteiger partial charge < -0.3 is 15.1 Å². The van der Waals surface area contributed by atoms with Gasteiger partial charge in [-0.25, -0.2) is 0 Å². The molecule has 0 radical (unpaired) electrons. The first-order valence-electron chi connectivity index (χ1n) is 13.4. The average molecular weight is 515 g/mol. The number of fused-ring (bicyclic) bond motifs is 2. The number of carbonyl (C=O) groups excluding carboxylic acids is 2. The van der Waals surface area contributed by atoms with Gasteiger partial charge in [0.25, 0.3) is 0 Å². The number of hydrogen-bond acceptors (Lipinski definition) is 6. The topological polar surface area (TPSA) is 112 Å². The Bertz CT molecular complexity index is 1490. The van der Waals surface area contributed by atoms with E-state index < -0.39 is 11.8 Å². The summed E-state index contributed by atoms with van der Waals surface area (Å²) in [5.74, 6) is -0.371. The number of nitrogens with zero attached hydrogens (tertiary/aromatic N) is 6. The fourth-order valence-corrected chi connectivity index (χ4v) is 6.15. The number of benzene rings is 1. The second-order valence-electron chi connectivity index (χ2n) is 11.2. The Hall–Kier alpha value is -3.79. The molecule has 5 heterocycles. The van der Waals surface area contributed by atoms with E-state index in [2.05, 4.69) is 75.4 Å².